The highest BCUT2D eigenvalue weighted by atomic mass is 19.4. The molecule has 2 rings (SSSR count). The first kappa shape index (κ1) is 15.3. The Morgan fingerprint density at radius 3 is 2.14 bits per heavy atom. The van der Waals surface area contributed by atoms with Crippen molar-refractivity contribution >= 4 is 0 Å². The Labute approximate surface area is 120 Å². The van der Waals surface area contributed by atoms with Crippen LogP contribution in [-0.4, -0.2) is 12.1 Å². The normalized spacial score (nSPS) is 11.4. The highest BCUT2D eigenvalue weighted by Gasteiger charge is 2.29. The summed E-state index contributed by atoms with van der Waals surface area (Å²) in [6, 6.07) is 8.77. The Balaban J connectivity index is 1.85. The summed E-state index contributed by atoms with van der Waals surface area (Å²) in [5, 5.41) is 3.15. The second-order valence-electron chi connectivity index (χ2n) is 4.51. The van der Waals surface area contributed by atoms with Gasteiger partial charge in [-0.15, -0.1) is 0 Å². The molecule has 0 radical (unpaired) electrons. The Morgan fingerprint density at radius 2 is 1.62 bits per heavy atom. The minimum absolute atomic E-state index is 0.490. The molecule has 0 aliphatic heterocycles. The van der Waals surface area contributed by atoms with Gasteiger partial charge in [0, 0.05) is 25.4 Å². The van der Waals surface area contributed by atoms with E-state index in [4.69, 9.17) is 4.74 Å². The number of benzene rings is 1. The van der Waals surface area contributed by atoms with E-state index in [9.17, 15) is 13.2 Å². The van der Waals surface area contributed by atoms with Gasteiger partial charge in [-0.1, -0.05) is 18.2 Å². The third-order valence-electron chi connectivity index (χ3n) is 2.95. The molecule has 3 nitrogen and oxygen atoms in total. The molecule has 0 bridgehead atoms. The summed E-state index contributed by atoms with van der Waals surface area (Å²) in [5.41, 5.74) is 1.14. The molecule has 0 unspecified atom stereocenters. The first-order valence-corrected chi connectivity index (χ1v) is 6.35. The molecule has 0 saturated carbocycles. The second kappa shape index (κ2) is 6.58. The highest BCUT2D eigenvalue weighted by molar-refractivity contribution is 5.24. The van der Waals surface area contributed by atoms with Gasteiger partial charge in [0.15, 0.2) is 0 Å². The van der Waals surface area contributed by atoms with Crippen molar-refractivity contribution in [2.24, 2.45) is 0 Å². The molecule has 21 heavy (non-hydrogen) atoms. The van der Waals surface area contributed by atoms with E-state index in [1.165, 1.54) is 12.1 Å². The maximum Gasteiger partial charge on any atom is 0.416 e. The molecule has 0 spiro atoms. The Bertz CT molecular complexity index is 565. The summed E-state index contributed by atoms with van der Waals surface area (Å²) in [6.45, 7) is 1.07. The lowest BCUT2D eigenvalue weighted by Crippen LogP contribution is -2.13. The van der Waals surface area contributed by atoms with Crippen LogP contribution in [-0.2, 0) is 19.3 Å². The van der Waals surface area contributed by atoms with Gasteiger partial charge in [0.05, 0.1) is 12.7 Å². The van der Waals surface area contributed by atoms with Crippen LogP contribution in [0.2, 0.25) is 0 Å². The summed E-state index contributed by atoms with van der Waals surface area (Å²) >= 11 is 0. The third kappa shape index (κ3) is 4.46. The van der Waals surface area contributed by atoms with Gasteiger partial charge in [-0.05, 0) is 23.3 Å². The van der Waals surface area contributed by atoms with Crippen molar-refractivity contribution in [2.45, 2.75) is 19.3 Å². The van der Waals surface area contributed by atoms with E-state index in [0.29, 0.717) is 19.0 Å². The molecule has 2 aromatic rings. The third-order valence-corrected chi connectivity index (χ3v) is 2.95. The van der Waals surface area contributed by atoms with E-state index in [-0.39, 0.29) is 0 Å². The van der Waals surface area contributed by atoms with E-state index in [1.807, 2.05) is 6.07 Å². The van der Waals surface area contributed by atoms with Gasteiger partial charge in [0.2, 0.25) is 5.88 Å². The van der Waals surface area contributed by atoms with Gasteiger partial charge in [-0.25, -0.2) is 4.98 Å². The molecule has 1 N–H and O–H groups in total. The summed E-state index contributed by atoms with van der Waals surface area (Å²) in [5.74, 6) is 0.543. The van der Waals surface area contributed by atoms with Crippen molar-refractivity contribution in [3.05, 3.63) is 59.3 Å². The zero-order chi connectivity index (χ0) is 15.3. The summed E-state index contributed by atoms with van der Waals surface area (Å²) in [7, 11) is 1.55. The number of ether oxygens (including phenoxy) is 1. The molecule has 112 valence electrons. The predicted molar refractivity (Wildman–Crippen MR) is 72.8 cm³/mol. The second-order valence-corrected chi connectivity index (χ2v) is 4.51. The molecule has 0 saturated heterocycles. The minimum Gasteiger partial charge on any atom is -0.481 e. The number of hydrogen-bond donors (Lipinski definition) is 1. The number of nitrogens with one attached hydrogen (secondary N) is 1. The van der Waals surface area contributed by atoms with Gasteiger partial charge < -0.3 is 10.1 Å². The molecule has 0 aliphatic carbocycles. The molecular weight excluding hydrogens is 281 g/mol. The quantitative estimate of drug-likeness (QED) is 0.918. The van der Waals surface area contributed by atoms with Gasteiger partial charge >= 0.3 is 6.18 Å². The lowest BCUT2D eigenvalue weighted by Gasteiger charge is -2.08. The van der Waals surface area contributed by atoms with Crippen LogP contribution in [0.4, 0.5) is 13.2 Å². The van der Waals surface area contributed by atoms with Gasteiger partial charge in [-0.2, -0.15) is 13.2 Å². The lowest BCUT2D eigenvalue weighted by atomic mass is 10.1. The first-order chi connectivity index (χ1) is 9.99. The minimum atomic E-state index is -4.29. The molecule has 6 heteroatoms. The van der Waals surface area contributed by atoms with Crippen LogP contribution in [0.5, 0.6) is 5.88 Å². The predicted octanol–water partition coefficient (Wildman–Crippen LogP) is 3.40. The monoisotopic (exact) mass is 296 g/mol. The number of alkyl halides is 3. The van der Waals surface area contributed by atoms with Gasteiger partial charge in [-0.3, -0.25) is 0 Å². The summed E-state index contributed by atoms with van der Waals surface area (Å²) < 4.78 is 42.2. The first-order valence-electron chi connectivity index (χ1n) is 6.35. The van der Waals surface area contributed by atoms with Crippen LogP contribution in [0.3, 0.4) is 0 Å². The number of nitrogens with zero attached hydrogens (tertiary/aromatic N) is 1. The molecule has 1 heterocycles. The van der Waals surface area contributed by atoms with Crippen LogP contribution >= 0.6 is 0 Å². The van der Waals surface area contributed by atoms with Crippen LogP contribution in [0.1, 0.15) is 16.7 Å². The maximum atomic E-state index is 12.4. The SMILES string of the molecule is COc1ccc(CNCc2ccc(C(F)(F)F)cc2)cn1. The fourth-order valence-electron chi connectivity index (χ4n) is 1.80. The molecule has 0 aliphatic rings. The average Bonchev–Trinajstić information content (AvgIpc) is 2.47. The van der Waals surface area contributed by atoms with Crippen molar-refractivity contribution < 1.29 is 17.9 Å². The van der Waals surface area contributed by atoms with Crippen molar-refractivity contribution in [2.75, 3.05) is 7.11 Å². The smallest absolute Gasteiger partial charge is 0.416 e. The molecule has 0 fully saturated rings. The molecular formula is C15H15F3N2O. The van der Waals surface area contributed by atoms with E-state index < -0.39 is 11.7 Å². The highest BCUT2D eigenvalue weighted by Crippen LogP contribution is 2.29. The summed E-state index contributed by atoms with van der Waals surface area (Å²) in [6.07, 6.45) is -2.60. The number of methoxy groups -OCH3 is 1. The van der Waals surface area contributed by atoms with Crippen molar-refractivity contribution in [1.82, 2.24) is 10.3 Å². The van der Waals surface area contributed by atoms with E-state index in [2.05, 4.69) is 10.3 Å². The lowest BCUT2D eigenvalue weighted by molar-refractivity contribution is -0.137. The topological polar surface area (TPSA) is 34.1 Å². The molecule has 1 aromatic heterocycles. The summed E-state index contributed by atoms with van der Waals surface area (Å²) in [4.78, 5) is 4.07. The number of halogens is 3. The van der Waals surface area contributed by atoms with Crippen molar-refractivity contribution in [1.29, 1.82) is 0 Å². The number of rotatable bonds is 5. The fourth-order valence-corrected chi connectivity index (χ4v) is 1.80. The fraction of sp³-hybridized carbons (Fsp3) is 0.267. The molecule has 0 amide bonds. The maximum absolute atomic E-state index is 12.4. The van der Waals surface area contributed by atoms with E-state index >= 15 is 0 Å². The van der Waals surface area contributed by atoms with Crippen LogP contribution in [0, 0.1) is 0 Å². The average molecular weight is 296 g/mol. The zero-order valence-electron chi connectivity index (χ0n) is 11.4. The largest absolute Gasteiger partial charge is 0.481 e. The van der Waals surface area contributed by atoms with E-state index in [0.717, 1.165) is 23.3 Å². The van der Waals surface area contributed by atoms with Crippen LogP contribution < -0.4 is 10.1 Å². The standard InChI is InChI=1S/C15H15F3N2O/c1-21-14-7-4-12(10-20-14)9-19-8-11-2-5-13(6-3-11)15(16,17)18/h2-7,10,19H,8-9H2,1H3. The Kier molecular flexibility index (Phi) is 4.80. The van der Waals surface area contributed by atoms with Crippen LogP contribution in [0.25, 0.3) is 0 Å². The van der Waals surface area contributed by atoms with Gasteiger partial charge in [0.25, 0.3) is 0 Å². The van der Waals surface area contributed by atoms with Gasteiger partial charge in [0.1, 0.15) is 0 Å². The van der Waals surface area contributed by atoms with Crippen molar-refractivity contribution in [3.63, 3.8) is 0 Å². The number of pyridine rings is 1. The number of aromatic nitrogens is 1. The van der Waals surface area contributed by atoms with E-state index in [1.54, 1.807) is 19.4 Å². The van der Waals surface area contributed by atoms with Crippen molar-refractivity contribution in [3.8, 4) is 5.88 Å². The Hall–Kier alpha value is -2.08. The number of hydrogen-bond acceptors (Lipinski definition) is 3. The zero-order valence-corrected chi connectivity index (χ0v) is 11.4. The van der Waals surface area contributed by atoms with Crippen LogP contribution in [0.15, 0.2) is 42.6 Å². The molecule has 0 atom stereocenters. The molecule has 1 aromatic carbocycles. The Morgan fingerprint density at radius 1 is 1.00 bits per heavy atom.